The highest BCUT2D eigenvalue weighted by Gasteiger charge is 2.39. The summed E-state index contributed by atoms with van der Waals surface area (Å²) < 4.78 is 29.8. The van der Waals surface area contributed by atoms with E-state index in [-0.39, 0.29) is 34.9 Å². The minimum absolute atomic E-state index is 0.0789. The van der Waals surface area contributed by atoms with Gasteiger partial charge in [-0.3, -0.25) is 14.5 Å². The summed E-state index contributed by atoms with van der Waals surface area (Å²) >= 11 is 13.3. The summed E-state index contributed by atoms with van der Waals surface area (Å²) in [6.07, 6.45) is 1.53. The van der Waals surface area contributed by atoms with Gasteiger partial charge >= 0.3 is 5.97 Å². The molecule has 1 aromatic heterocycles. The SMILES string of the molecule is Cc1cc(C(C)(F)F)cc2c1nc(Cc1c(Cl)ccc(C(=O)N3CCN(C4CC(C(=O)O)C4)CC3)c1Cl)n2C. The second-order valence-electron chi connectivity index (χ2n) is 10.7. The summed E-state index contributed by atoms with van der Waals surface area (Å²) in [5, 5.41) is 9.77. The number of hydrogen-bond donors (Lipinski definition) is 1. The molecule has 2 fully saturated rings. The van der Waals surface area contributed by atoms with Gasteiger partial charge in [0.1, 0.15) is 5.82 Å². The van der Waals surface area contributed by atoms with Crippen LogP contribution in [0.15, 0.2) is 24.3 Å². The molecule has 1 aliphatic heterocycles. The Kier molecular flexibility index (Phi) is 7.37. The predicted molar refractivity (Wildman–Crippen MR) is 146 cm³/mol. The van der Waals surface area contributed by atoms with Gasteiger partial charge in [-0.15, -0.1) is 0 Å². The number of alkyl halides is 2. The fraction of sp³-hybridized carbons (Fsp3) is 0.464. The normalized spacial score (nSPS) is 20.3. The van der Waals surface area contributed by atoms with Gasteiger partial charge in [0.05, 0.1) is 27.5 Å². The number of aliphatic carboxylic acids is 1. The number of carboxylic acid groups (broad SMARTS) is 1. The molecule has 0 radical (unpaired) electrons. The van der Waals surface area contributed by atoms with Crippen molar-refractivity contribution < 1.29 is 23.5 Å². The van der Waals surface area contributed by atoms with Gasteiger partial charge < -0.3 is 14.6 Å². The quantitative estimate of drug-likeness (QED) is 0.417. The van der Waals surface area contributed by atoms with E-state index < -0.39 is 11.9 Å². The zero-order chi connectivity index (χ0) is 28.2. The highest BCUT2D eigenvalue weighted by atomic mass is 35.5. The van der Waals surface area contributed by atoms with Crippen LogP contribution in [0.1, 0.15) is 52.6 Å². The van der Waals surface area contributed by atoms with Gasteiger partial charge in [0, 0.05) is 63.2 Å². The maximum absolute atomic E-state index is 14.0. The summed E-state index contributed by atoms with van der Waals surface area (Å²) in [7, 11) is 1.76. The maximum Gasteiger partial charge on any atom is 0.306 e. The Morgan fingerprint density at radius 3 is 2.41 bits per heavy atom. The lowest BCUT2D eigenvalue weighted by Gasteiger charge is -2.45. The first-order valence-corrected chi connectivity index (χ1v) is 13.7. The van der Waals surface area contributed by atoms with Gasteiger partial charge in [-0.05, 0) is 55.2 Å². The Labute approximate surface area is 235 Å². The Hall–Kier alpha value is -2.75. The number of halogens is 4. The Morgan fingerprint density at radius 1 is 1.13 bits per heavy atom. The number of carbonyl (C=O) groups is 2. The third-order valence-corrected chi connectivity index (χ3v) is 8.89. The number of carboxylic acids is 1. The van der Waals surface area contributed by atoms with E-state index in [0.717, 1.165) is 6.92 Å². The summed E-state index contributed by atoms with van der Waals surface area (Å²) in [5.74, 6) is -3.59. The van der Waals surface area contributed by atoms with Crippen molar-refractivity contribution in [2.45, 2.75) is 45.1 Å². The molecular formula is C28H30Cl2F2N4O3. The zero-order valence-electron chi connectivity index (χ0n) is 22.0. The topological polar surface area (TPSA) is 78.7 Å². The number of piperazine rings is 1. The average molecular weight is 579 g/mol. The lowest BCUT2D eigenvalue weighted by molar-refractivity contribution is -0.147. The van der Waals surface area contributed by atoms with Crippen LogP contribution in [0, 0.1) is 12.8 Å². The average Bonchev–Trinajstić information content (AvgIpc) is 3.16. The number of amides is 1. The molecule has 11 heteroatoms. The zero-order valence-corrected chi connectivity index (χ0v) is 23.5. The van der Waals surface area contributed by atoms with Crippen LogP contribution in [0.3, 0.4) is 0 Å². The molecule has 5 rings (SSSR count). The van der Waals surface area contributed by atoms with Gasteiger partial charge in [0.25, 0.3) is 11.8 Å². The molecule has 0 spiro atoms. The van der Waals surface area contributed by atoms with Crippen molar-refractivity contribution in [1.29, 1.82) is 0 Å². The molecule has 2 heterocycles. The van der Waals surface area contributed by atoms with Crippen LogP contribution in [0.2, 0.25) is 10.0 Å². The van der Waals surface area contributed by atoms with Gasteiger partial charge in [0.2, 0.25) is 0 Å². The summed E-state index contributed by atoms with van der Waals surface area (Å²) in [5.41, 5.74) is 2.67. The molecule has 3 aromatic rings. The number of aromatic nitrogens is 2. The van der Waals surface area contributed by atoms with E-state index in [1.165, 1.54) is 12.1 Å². The van der Waals surface area contributed by atoms with Crippen molar-refractivity contribution in [3.05, 3.63) is 62.4 Å². The second-order valence-corrected chi connectivity index (χ2v) is 11.5. The Bertz CT molecular complexity index is 1460. The van der Waals surface area contributed by atoms with Crippen molar-refractivity contribution in [3.8, 4) is 0 Å². The highest BCUT2D eigenvalue weighted by Crippen LogP contribution is 2.35. The molecule has 0 bridgehead atoms. The smallest absolute Gasteiger partial charge is 0.306 e. The second kappa shape index (κ2) is 10.3. The lowest BCUT2D eigenvalue weighted by atomic mass is 9.79. The van der Waals surface area contributed by atoms with Crippen LogP contribution in [0.25, 0.3) is 11.0 Å². The fourth-order valence-electron chi connectivity index (χ4n) is 5.55. The van der Waals surface area contributed by atoms with Crippen LogP contribution in [-0.2, 0) is 24.2 Å². The molecular weight excluding hydrogens is 549 g/mol. The van der Waals surface area contributed by atoms with Crippen molar-refractivity contribution in [3.63, 3.8) is 0 Å². The molecule has 1 N–H and O–H groups in total. The Morgan fingerprint density at radius 2 is 1.79 bits per heavy atom. The van der Waals surface area contributed by atoms with E-state index in [4.69, 9.17) is 33.3 Å². The van der Waals surface area contributed by atoms with Gasteiger partial charge in [0.15, 0.2) is 0 Å². The number of carbonyl (C=O) groups excluding carboxylic acids is 1. The van der Waals surface area contributed by atoms with Gasteiger partial charge in [-0.2, -0.15) is 0 Å². The fourth-order valence-corrected chi connectivity index (χ4v) is 6.13. The lowest BCUT2D eigenvalue weighted by Crippen LogP contribution is -2.56. The van der Waals surface area contributed by atoms with Crippen LogP contribution in [0.4, 0.5) is 8.78 Å². The van der Waals surface area contributed by atoms with Crippen molar-refractivity contribution in [1.82, 2.24) is 19.4 Å². The van der Waals surface area contributed by atoms with Crippen LogP contribution >= 0.6 is 23.2 Å². The number of rotatable bonds is 6. The number of imidazole rings is 1. The number of nitrogens with zero attached hydrogens (tertiary/aromatic N) is 4. The third kappa shape index (κ3) is 5.24. The van der Waals surface area contributed by atoms with Crippen LogP contribution < -0.4 is 0 Å². The summed E-state index contributed by atoms with van der Waals surface area (Å²) in [6.45, 7) is 5.03. The van der Waals surface area contributed by atoms with Crippen molar-refractivity contribution in [2.75, 3.05) is 26.2 Å². The molecule has 1 amide bonds. The molecule has 7 nitrogen and oxygen atoms in total. The molecule has 1 saturated carbocycles. The molecule has 39 heavy (non-hydrogen) atoms. The minimum Gasteiger partial charge on any atom is -0.481 e. The maximum atomic E-state index is 14.0. The predicted octanol–water partition coefficient (Wildman–Crippen LogP) is 5.51. The molecule has 1 aliphatic carbocycles. The summed E-state index contributed by atoms with van der Waals surface area (Å²) in [6, 6.07) is 6.43. The monoisotopic (exact) mass is 578 g/mol. The first kappa shape index (κ1) is 27.8. The van der Waals surface area contributed by atoms with Gasteiger partial charge in [-0.25, -0.2) is 13.8 Å². The van der Waals surface area contributed by atoms with Crippen molar-refractivity contribution in [2.24, 2.45) is 13.0 Å². The highest BCUT2D eigenvalue weighted by molar-refractivity contribution is 6.38. The summed E-state index contributed by atoms with van der Waals surface area (Å²) in [4.78, 5) is 33.2. The third-order valence-electron chi connectivity index (χ3n) is 8.11. The van der Waals surface area contributed by atoms with Crippen LogP contribution in [-0.4, -0.2) is 68.6 Å². The first-order chi connectivity index (χ1) is 18.3. The number of hydrogen-bond acceptors (Lipinski definition) is 4. The van der Waals surface area contributed by atoms with E-state index in [0.29, 0.717) is 77.6 Å². The van der Waals surface area contributed by atoms with Crippen molar-refractivity contribution >= 4 is 46.1 Å². The van der Waals surface area contributed by atoms with E-state index in [1.54, 1.807) is 35.6 Å². The molecule has 0 unspecified atom stereocenters. The largest absolute Gasteiger partial charge is 0.481 e. The van der Waals surface area contributed by atoms with Crippen LogP contribution in [0.5, 0.6) is 0 Å². The first-order valence-electron chi connectivity index (χ1n) is 12.9. The number of fused-ring (bicyclic) bond motifs is 1. The molecule has 1 saturated heterocycles. The number of aryl methyl sites for hydroxylation is 2. The van der Waals surface area contributed by atoms with E-state index in [9.17, 15) is 18.4 Å². The molecule has 2 aliphatic rings. The molecule has 208 valence electrons. The van der Waals surface area contributed by atoms with E-state index >= 15 is 0 Å². The van der Waals surface area contributed by atoms with Gasteiger partial charge in [-0.1, -0.05) is 23.2 Å². The molecule has 2 aromatic carbocycles. The van der Waals surface area contributed by atoms with E-state index in [1.807, 2.05) is 0 Å². The molecule has 0 atom stereocenters. The standard InChI is InChI=1S/C28H30Cl2F2N4O3/c1-15-10-17(28(2,31)32)13-22-25(15)33-23(34(22)3)14-20-21(29)5-4-19(24(20)30)26(37)36-8-6-35(7-9-36)18-11-16(12-18)27(38)39/h4-5,10,13,16,18H,6-9,11-12,14H2,1-3H3,(H,38,39). The Balaban J connectivity index is 1.34. The number of benzene rings is 2. The minimum atomic E-state index is -2.98. The van der Waals surface area contributed by atoms with E-state index in [2.05, 4.69) is 4.90 Å².